The monoisotopic (exact) mass is 322 g/mol. The average molecular weight is 322 g/mol. The molecule has 0 aliphatic heterocycles. The number of para-hydroxylation sites is 1. The van der Waals surface area contributed by atoms with E-state index in [-0.39, 0.29) is 5.69 Å². The van der Waals surface area contributed by atoms with Crippen molar-refractivity contribution in [1.82, 2.24) is 9.55 Å². The molecule has 0 unspecified atom stereocenters. The topological polar surface area (TPSA) is 53.4 Å². The number of carbonyl (C=O) groups is 1. The molecule has 0 amide bonds. The number of ether oxygens (including phenoxy) is 2. The van der Waals surface area contributed by atoms with Crippen molar-refractivity contribution in [3.8, 4) is 22.8 Å². The van der Waals surface area contributed by atoms with E-state index in [1.54, 1.807) is 20.2 Å². The Morgan fingerprint density at radius 3 is 2.42 bits per heavy atom. The van der Waals surface area contributed by atoms with Crippen LogP contribution in [0.4, 0.5) is 0 Å². The molecule has 5 heteroatoms. The Labute approximate surface area is 140 Å². The van der Waals surface area contributed by atoms with Crippen molar-refractivity contribution in [2.24, 2.45) is 0 Å². The maximum atomic E-state index is 12.1. The number of carbonyl (C=O) groups excluding carboxylic acids is 1. The van der Waals surface area contributed by atoms with Gasteiger partial charge >= 0.3 is 5.97 Å². The highest BCUT2D eigenvalue weighted by molar-refractivity contribution is 5.88. The van der Waals surface area contributed by atoms with Gasteiger partial charge in [0.15, 0.2) is 5.69 Å². The molecular weight excluding hydrogens is 304 g/mol. The molecule has 2 aromatic carbocycles. The first kappa shape index (κ1) is 15.8. The summed E-state index contributed by atoms with van der Waals surface area (Å²) in [6.07, 6.45) is 1.70. The number of hydrogen-bond acceptors (Lipinski definition) is 4. The molecule has 0 N–H and O–H groups in total. The van der Waals surface area contributed by atoms with Crippen LogP contribution in [0.5, 0.6) is 5.75 Å². The summed E-state index contributed by atoms with van der Waals surface area (Å²) < 4.78 is 12.1. The first-order valence-corrected chi connectivity index (χ1v) is 7.69. The first-order chi connectivity index (χ1) is 11.7. The lowest BCUT2D eigenvalue weighted by Crippen LogP contribution is -2.04. The summed E-state index contributed by atoms with van der Waals surface area (Å²) >= 11 is 0. The van der Waals surface area contributed by atoms with E-state index in [1.165, 1.54) is 0 Å². The fraction of sp³-hybridized carbons (Fsp3) is 0.158. The zero-order chi connectivity index (χ0) is 16.9. The Hall–Kier alpha value is -3.08. The molecule has 0 atom stereocenters. The minimum absolute atomic E-state index is 0.284. The van der Waals surface area contributed by atoms with Gasteiger partial charge in [0.2, 0.25) is 0 Å². The molecule has 24 heavy (non-hydrogen) atoms. The standard InChI is InChI=1S/C19H18N2O3/c1-3-24-19(22)17-13-21(15-7-5-4-6-8-15)18(20-17)14-9-11-16(23-2)12-10-14/h4-13H,3H2,1-2H3. The number of aromatic nitrogens is 2. The first-order valence-electron chi connectivity index (χ1n) is 7.69. The zero-order valence-electron chi connectivity index (χ0n) is 13.6. The predicted octanol–water partition coefficient (Wildman–Crippen LogP) is 3.72. The van der Waals surface area contributed by atoms with Gasteiger partial charge < -0.3 is 9.47 Å². The van der Waals surface area contributed by atoms with Crippen LogP contribution in [-0.4, -0.2) is 29.2 Å². The summed E-state index contributed by atoms with van der Waals surface area (Å²) in [5.74, 6) is 1.01. The molecule has 0 aliphatic carbocycles. The van der Waals surface area contributed by atoms with Crippen LogP contribution in [-0.2, 0) is 4.74 Å². The van der Waals surface area contributed by atoms with E-state index in [9.17, 15) is 4.79 Å². The molecule has 0 fully saturated rings. The van der Waals surface area contributed by atoms with Gasteiger partial charge in [-0.15, -0.1) is 0 Å². The highest BCUT2D eigenvalue weighted by atomic mass is 16.5. The second kappa shape index (κ2) is 7.00. The molecule has 0 saturated carbocycles. The van der Waals surface area contributed by atoms with Gasteiger partial charge in [0.05, 0.1) is 13.7 Å². The van der Waals surface area contributed by atoms with Crippen molar-refractivity contribution in [3.63, 3.8) is 0 Å². The average Bonchev–Trinajstić information content (AvgIpc) is 3.08. The highest BCUT2D eigenvalue weighted by Crippen LogP contribution is 2.25. The number of benzene rings is 2. The van der Waals surface area contributed by atoms with E-state index in [1.807, 2.05) is 59.2 Å². The molecule has 0 spiro atoms. The summed E-state index contributed by atoms with van der Waals surface area (Å²) in [6.45, 7) is 2.09. The van der Waals surface area contributed by atoms with E-state index in [0.29, 0.717) is 12.4 Å². The van der Waals surface area contributed by atoms with Crippen LogP contribution < -0.4 is 4.74 Å². The SMILES string of the molecule is CCOC(=O)c1cn(-c2ccccc2)c(-c2ccc(OC)cc2)n1. The van der Waals surface area contributed by atoms with Crippen LogP contribution in [0.3, 0.4) is 0 Å². The Balaban J connectivity index is 2.09. The van der Waals surface area contributed by atoms with Crippen LogP contribution in [0.1, 0.15) is 17.4 Å². The van der Waals surface area contributed by atoms with E-state index < -0.39 is 5.97 Å². The number of hydrogen-bond donors (Lipinski definition) is 0. The number of esters is 1. The van der Waals surface area contributed by atoms with Crippen LogP contribution in [0.2, 0.25) is 0 Å². The molecule has 122 valence electrons. The third-order valence-electron chi connectivity index (χ3n) is 3.57. The van der Waals surface area contributed by atoms with Crippen molar-refractivity contribution >= 4 is 5.97 Å². The molecule has 1 aromatic heterocycles. The third kappa shape index (κ3) is 3.15. The van der Waals surface area contributed by atoms with Gasteiger partial charge in [0.1, 0.15) is 11.6 Å². The minimum atomic E-state index is -0.429. The summed E-state index contributed by atoms with van der Waals surface area (Å²) in [7, 11) is 1.62. The second-order valence-corrected chi connectivity index (χ2v) is 5.10. The maximum absolute atomic E-state index is 12.1. The third-order valence-corrected chi connectivity index (χ3v) is 3.57. The largest absolute Gasteiger partial charge is 0.497 e. The molecule has 0 saturated heterocycles. The number of imidazole rings is 1. The zero-order valence-corrected chi connectivity index (χ0v) is 13.6. The van der Waals surface area contributed by atoms with Gasteiger partial charge in [-0.3, -0.25) is 4.57 Å². The van der Waals surface area contributed by atoms with Crippen molar-refractivity contribution in [1.29, 1.82) is 0 Å². The Morgan fingerprint density at radius 1 is 1.08 bits per heavy atom. The van der Waals surface area contributed by atoms with E-state index in [0.717, 1.165) is 17.0 Å². The normalized spacial score (nSPS) is 10.4. The Bertz CT molecular complexity index is 824. The van der Waals surface area contributed by atoms with Crippen molar-refractivity contribution < 1.29 is 14.3 Å². The van der Waals surface area contributed by atoms with Gasteiger partial charge in [0.25, 0.3) is 0 Å². The quantitative estimate of drug-likeness (QED) is 0.672. The number of nitrogens with zero attached hydrogens (tertiary/aromatic N) is 2. The lowest BCUT2D eigenvalue weighted by atomic mass is 10.2. The molecule has 0 radical (unpaired) electrons. The van der Waals surface area contributed by atoms with Gasteiger partial charge in [-0.2, -0.15) is 0 Å². The smallest absolute Gasteiger partial charge is 0.358 e. The Kier molecular flexibility index (Phi) is 4.61. The van der Waals surface area contributed by atoms with E-state index in [2.05, 4.69) is 4.98 Å². The molecule has 3 rings (SSSR count). The number of rotatable bonds is 5. The van der Waals surface area contributed by atoms with Crippen LogP contribution in [0.25, 0.3) is 17.1 Å². The highest BCUT2D eigenvalue weighted by Gasteiger charge is 2.17. The molecule has 0 bridgehead atoms. The minimum Gasteiger partial charge on any atom is -0.497 e. The van der Waals surface area contributed by atoms with E-state index >= 15 is 0 Å². The molecular formula is C19H18N2O3. The van der Waals surface area contributed by atoms with Crippen LogP contribution in [0.15, 0.2) is 60.8 Å². The van der Waals surface area contributed by atoms with Gasteiger partial charge in [-0.25, -0.2) is 9.78 Å². The lowest BCUT2D eigenvalue weighted by molar-refractivity contribution is 0.0520. The fourth-order valence-corrected chi connectivity index (χ4v) is 2.41. The summed E-state index contributed by atoms with van der Waals surface area (Å²) in [5.41, 5.74) is 2.09. The second-order valence-electron chi connectivity index (χ2n) is 5.10. The molecule has 3 aromatic rings. The molecule has 1 heterocycles. The summed E-state index contributed by atoms with van der Waals surface area (Å²) in [4.78, 5) is 16.5. The predicted molar refractivity (Wildman–Crippen MR) is 91.5 cm³/mol. The van der Waals surface area contributed by atoms with E-state index in [4.69, 9.17) is 9.47 Å². The maximum Gasteiger partial charge on any atom is 0.358 e. The van der Waals surface area contributed by atoms with Gasteiger partial charge in [-0.05, 0) is 43.3 Å². The molecule has 0 aliphatic rings. The van der Waals surface area contributed by atoms with Crippen molar-refractivity contribution in [2.45, 2.75) is 6.92 Å². The van der Waals surface area contributed by atoms with Gasteiger partial charge in [-0.1, -0.05) is 18.2 Å². The van der Waals surface area contributed by atoms with Crippen molar-refractivity contribution in [2.75, 3.05) is 13.7 Å². The summed E-state index contributed by atoms with van der Waals surface area (Å²) in [6, 6.07) is 17.3. The summed E-state index contributed by atoms with van der Waals surface area (Å²) in [5, 5.41) is 0. The van der Waals surface area contributed by atoms with Gasteiger partial charge in [0, 0.05) is 17.4 Å². The van der Waals surface area contributed by atoms with Crippen molar-refractivity contribution in [3.05, 3.63) is 66.5 Å². The Morgan fingerprint density at radius 2 is 1.79 bits per heavy atom. The molecule has 5 nitrogen and oxygen atoms in total. The number of methoxy groups -OCH3 is 1. The fourth-order valence-electron chi connectivity index (χ4n) is 2.41. The lowest BCUT2D eigenvalue weighted by Gasteiger charge is -2.08. The van der Waals surface area contributed by atoms with Crippen LogP contribution in [0, 0.1) is 0 Å². The van der Waals surface area contributed by atoms with Crippen LogP contribution >= 0.6 is 0 Å².